The van der Waals surface area contributed by atoms with E-state index in [-0.39, 0.29) is 0 Å². The van der Waals surface area contributed by atoms with Crippen LogP contribution in [0, 0.1) is 0 Å². The van der Waals surface area contributed by atoms with Gasteiger partial charge >= 0.3 is 0 Å². The molecular weight excluding hydrogens is 378 g/mol. The molecule has 0 amide bonds. The molecule has 1 aliphatic heterocycles. The molecule has 160 valence electrons. The molecular formula is C23H31N5O2. The van der Waals surface area contributed by atoms with Crippen LogP contribution in [0.25, 0.3) is 16.8 Å². The summed E-state index contributed by atoms with van der Waals surface area (Å²) in [5.74, 6) is 2.43. The maximum absolute atomic E-state index is 5.47. The normalized spacial score (nSPS) is 15.2. The van der Waals surface area contributed by atoms with E-state index in [1.165, 1.54) is 12.8 Å². The lowest BCUT2D eigenvalue weighted by molar-refractivity contribution is 0.186. The molecule has 1 fully saturated rings. The van der Waals surface area contributed by atoms with Gasteiger partial charge in [0.05, 0.1) is 20.4 Å². The predicted octanol–water partition coefficient (Wildman–Crippen LogP) is 3.72. The van der Waals surface area contributed by atoms with Crippen molar-refractivity contribution >= 4 is 11.5 Å². The molecule has 3 heterocycles. The highest BCUT2D eigenvalue weighted by Crippen LogP contribution is 2.34. The molecule has 0 bridgehead atoms. The van der Waals surface area contributed by atoms with E-state index in [1.807, 2.05) is 35.1 Å². The number of hydrogen-bond acceptors (Lipinski definition) is 6. The van der Waals surface area contributed by atoms with Gasteiger partial charge in [0, 0.05) is 30.9 Å². The molecule has 0 atom stereocenters. The fourth-order valence-electron chi connectivity index (χ4n) is 4.44. The molecule has 0 radical (unpaired) electrons. The number of anilines is 1. The molecule has 1 aliphatic rings. The largest absolute Gasteiger partial charge is 0.493 e. The van der Waals surface area contributed by atoms with Gasteiger partial charge in [0.1, 0.15) is 5.82 Å². The lowest BCUT2D eigenvalue weighted by Gasteiger charge is -2.38. The number of hydrogen-bond donors (Lipinski definition) is 0. The molecule has 0 unspecified atom stereocenters. The van der Waals surface area contributed by atoms with Crippen LogP contribution in [-0.4, -0.2) is 65.9 Å². The Kier molecular flexibility index (Phi) is 6.08. The van der Waals surface area contributed by atoms with E-state index in [0.29, 0.717) is 17.5 Å². The second kappa shape index (κ2) is 8.92. The third kappa shape index (κ3) is 3.81. The van der Waals surface area contributed by atoms with Crippen molar-refractivity contribution < 1.29 is 9.47 Å². The van der Waals surface area contributed by atoms with Gasteiger partial charge in [0.15, 0.2) is 17.1 Å². The van der Waals surface area contributed by atoms with Crippen molar-refractivity contribution in [1.82, 2.24) is 19.5 Å². The Morgan fingerprint density at radius 2 is 1.77 bits per heavy atom. The van der Waals surface area contributed by atoms with Crippen LogP contribution in [0.15, 0.2) is 36.7 Å². The maximum Gasteiger partial charge on any atom is 0.165 e. The zero-order valence-electron chi connectivity index (χ0n) is 18.3. The van der Waals surface area contributed by atoms with Crippen LogP contribution < -0.4 is 14.4 Å². The number of rotatable bonds is 7. The Morgan fingerprint density at radius 3 is 2.43 bits per heavy atom. The van der Waals surface area contributed by atoms with E-state index in [2.05, 4.69) is 34.8 Å². The average molecular weight is 410 g/mol. The van der Waals surface area contributed by atoms with E-state index in [9.17, 15) is 0 Å². The van der Waals surface area contributed by atoms with Crippen molar-refractivity contribution in [2.75, 3.05) is 45.3 Å². The Labute approximate surface area is 178 Å². The minimum Gasteiger partial charge on any atom is -0.493 e. The first kappa shape index (κ1) is 20.5. The first-order chi connectivity index (χ1) is 14.7. The topological polar surface area (TPSA) is 55.1 Å². The van der Waals surface area contributed by atoms with Crippen LogP contribution in [0.5, 0.6) is 11.5 Å². The lowest BCUT2D eigenvalue weighted by atomic mass is 10.0. The van der Waals surface area contributed by atoms with E-state index < -0.39 is 0 Å². The number of methoxy groups -OCH3 is 2. The second-order valence-electron chi connectivity index (χ2n) is 7.62. The van der Waals surface area contributed by atoms with Gasteiger partial charge in [0.2, 0.25) is 0 Å². The van der Waals surface area contributed by atoms with Crippen LogP contribution in [0.3, 0.4) is 0 Å². The Balaban J connectivity index is 1.60. The molecule has 7 nitrogen and oxygen atoms in total. The fraction of sp³-hybridized carbons (Fsp3) is 0.478. The van der Waals surface area contributed by atoms with Crippen molar-refractivity contribution in [1.29, 1.82) is 0 Å². The van der Waals surface area contributed by atoms with Gasteiger partial charge in [0.25, 0.3) is 0 Å². The van der Waals surface area contributed by atoms with Crippen molar-refractivity contribution in [3.05, 3.63) is 36.7 Å². The van der Waals surface area contributed by atoms with Crippen molar-refractivity contribution in [3.8, 4) is 22.6 Å². The summed E-state index contributed by atoms with van der Waals surface area (Å²) in [5, 5.41) is 4.49. The Morgan fingerprint density at radius 1 is 1.03 bits per heavy atom. The lowest BCUT2D eigenvalue weighted by Crippen LogP contribution is -2.45. The smallest absolute Gasteiger partial charge is 0.165 e. The summed E-state index contributed by atoms with van der Waals surface area (Å²) < 4.78 is 12.7. The molecule has 2 aromatic heterocycles. The second-order valence-corrected chi connectivity index (χ2v) is 7.62. The molecule has 0 N–H and O–H groups in total. The van der Waals surface area contributed by atoms with Crippen LogP contribution in [0.1, 0.15) is 26.7 Å². The number of piperidine rings is 1. The Bertz CT molecular complexity index is 990. The quantitative estimate of drug-likeness (QED) is 0.593. The highest BCUT2D eigenvalue weighted by molar-refractivity contribution is 5.79. The molecule has 7 heteroatoms. The van der Waals surface area contributed by atoms with Gasteiger partial charge in [-0.1, -0.05) is 19.9 Å². The van der Waals surface area contributed by atoms with Gasteiger partial charge in [-0.2, -0.15) is 5.10 Å². The molecule has 3 aromatic rings. The molecule has 1 saturated heterocycles. The Hall–Kier alpha value is -2.80. The zero-order valence-corrected chi connectivity index (χ0v) is 18.3. The van der Waals surface area contributed by atoms with Crippen LogP contribution >= 0.6 is 0 Å². The average Bonchev–Trinajstić information content (AvgIpc) is 3.23. The van der Waals surface area contributed by atoms with Crippen molar-refractivity contribution in [2.24, 2.45) is 0 Å². The minimum absolute atomic E-state index is 0.678. The molecule has 4 rings (SSSR count). The summed E-state index contributed by atoms with van der Waals surface area (Å²) in [4.78, 5) is 9.95. The summed E-state index contributed by atoms with van der Waals surface area (Å²) in [7, 11) is 3.29. The fourth-order valence-corrected chi connectivity index (χ4v) is 4.44. The zero-order chi connectivity index (χ0) is 21.1. The summed E-state index contributed by atoms with van der Waals surface area (Å²) in [6.45, 7) is 8.81. The summed E-state index contributed by atoms with van der Waals surface area (Å²) in [6.07, 6.45) is 6.21. The number of nitrogens with zero attached hydrogens (tertiary/aromatic N) is 5. The minimum atomic E-state index is 0.678. The molecule has 0 aliphatic carbocycles. The van der Waals surface area contributed by atoms with E-state index in [1.54, 1.807) is 14.2 Å². The third-order valence-corrected chi connectivity index (χ3v) is 6.17. The number of ether oxygens (including phenoxy) is 2. The van der Waals surface area contributed by atoms with E-state index in [0.717, 1.165) is 48.8 Å². The van der Waals surface area contributed by atoms with Crippen LogP contribution in [0.4, 0.5) is 5.82 Å². The van der Waals surface area contributed by atoms with Gasteiger partial charge in [-0.3, -0.25) is 0 Å². The SMILES string of the molecule is CCN(CC)C1CCN(c2ccn3ncc(-c4ccc(OC)c(OC)c4)c3n2)CC1. The van der Waals surface area contributed by atoms with Gasteiger partial charge in [-0.25, -0.2) is 9.50 Å². The van der Waals surface area contributed by atoms with Crippen LogP contribution in [-0.2, 0) is 0 Å². The van der Waals surface area contributed by atoms with Gasteiger partial charge in [-0.05, 0) is 49.7 Å². The first-order valence-corrected chi connectivity index (χ1v) is 10.7. The highest BCUT2D eigenvalue weighted by Gasteiger charge is 2.24. The summed E-state index contributed by atoms with van der Waals surface area (Å²) in [5.41, 5.74) is 2.84. The first-order valence-electron chi connectivity index (χ1n) is 10.7. The van der Waals surface area contributed by atoms with E-state index in [4.69, 9.17) is 14.5 Å². The molecule has 1 aromatic carbocycles. The molecule has 0 saturated carbocycles. The van der Waals surface area contributed by atoms with Crippen LogP contribution in [0.2, 0.25) is 0 Å². The summed E-state index contributed by atoms with van der Waals surface area (Å²) >= 11 is 0. The molecule has 0 spiro atoms. The van der Waals surface area contributed by atoms with Gasteiger partial charge < -0.3 is 19.3 Å². The maximum atomic E-state index is 5.47. The van der Waals surface area contributed by atoms with E-state index >= 15 is 0 Å². The molecule has 30 heavy (non-hydrogen) atoms. The third-order valence-electron chi connectivity index (χ3n) is 6.17. The summed E-state index contributed by atoms with van der Waals surface area (Å²) in [6, 6.07) is 8.65. The van der Waals surface area contributed by atoms with Gasteiger partial charge in [-0.15, -0.1) is 0 Å². The number of fused-ring (bicyclic) bond motifs is 1. The number of aromatic nitrogens is 3. The number of benzene rings is 1. The predicted molar refractivity (Wildman–Crippen MR) is 120 cm³/mol. The van der Waals surface area contributed by atoms with Crippen molar-refractivity contribution in [3.63, 3.8) is 0 Å². The van der Waals surface area contributed by atoms with Crippen molar-refractivity contribution in [2.45, 2.75) is 32.7 Å². The highest BCUT2D eigenvalue weighted by atomic mass is 16.5. The monoisotopic (exact) mass is 409 g/mol. The standard InChI is InChI=1S/C23H31N5O2/c1-5-26(6-2)18-9-12-27(13-10-18)22-11-14-28-23(25-22)19(16-24-28)17-7-8-20(29-3)21(15-17)30-4/h7-8,11,14-16,18H,5-6,9-10,12-13H2,1-4H3.